The molecule has 0 saturated carbocycles. The van der Waals surface area contributed by atoms with Gasteiger partial charge in [-0.05, 0) is 29.3 Å². The van der Waals surface area contributed by atoms with Crippen LogP contribution in [0.1, 0.15) is 11.1 Å². The first-order valence-corrected chi connectivity index (χ1v) is 5.61. The van der Waals surface area contributed by atoms with Crippen molar-refractivity contribution in [2.75, 3.05) is 10.6 Å². The molecule has 0 saturated heterocycles. The molecule has 0 aromatic heterocycles. The Hall–Kier alpha value is -2.03. The summed E-state index contributed by atoms with van der Waals surface area (Å²) in [5.74, 6) is -0.252. The molecule has 3 rings (SSSR count). The fraction of sp³-hybridized carbons (Fsp3) is 0.143. The second-order valence-electron chi connectivity index (χ2n) is 4.34. The maximum atomic E-state index is 13.8. The molecule has 2 nitrogen and oxygen atoms in total. The van der Waals surface area contributed by atoms with Crippen LogP contribution in [0, 0.1) is 5.82 Å². The van der Waals surface area contributed by atoms with Crippen LogP contribution < -0.4 is 10.6 Å². The van der Waals surface area contributed by atoms with Gasteiger partial charge in [0.15, 0.2) is 0 Å². The van der Waals surface area contributed by atoms with Crippen molar-refractivity contribution in [1.29, 1.82) is 0 Å². The topological polar surface area (TPSA) is 29.3 Å². The Kier molecular flexibility index (Phi) is 2.25. The molecular weight excluding hydrogens is 215 g/mol. The minimum Gasteiger partial charge on any atom is -0.399 e. The van der Waals surface area contributed by atoms with E-state index in [2.05, 4.69) is 12.1 Å². The number of nitrogen functional groups attached to an aromatic ring is 1. The van der Waals surface area contributed by atoms with Crippen LogP contribution in [-0.2, 0) is 13.1 Å². The van der Waals surface area contributed by atoms with Crippen LogP contribution in [-0.4, -0.2) is 0 Å². The largest absolute Gasteiger partial charge is 0.399 e. The third-order valence-electron chi connectivity index (χ3n) is 3.15. The van der Waals surface area contributed by atoms with E-state index < -0.39 is 0 Å². The SMILES string of the molecule is Nc1ccc(N2Cc3ccccc3C2)c(F)c1. The smallest absolute Gasteiger partial charge is 0.148 e. The Bertz CT molecular complexity index is 541. The predicted octanol–water partition coefficient (Wildman–Crippen LogP) is 2.93. The van der Waals surface area contributed by atoms with Gasteiger partial charge in [0.1, 0.15) is 5.82 Å². The summed E-state index contributed by atoms with van der Waals surface area (Å²) in [5, 5.41) is 0. The van der Waals surface area contributed by atoms with Crippen molar-refractivity contribution in [2.24, 2.45) is 0 Å². The van der Waals surface area contributed by atoms with Gasteiger partial charge in [-0.2, -0.15) is 0 Å². The first-order valence-electron chi connectivity index (χ1n) is 5.61. The van der Waals surface area contributed by atoms with E-state index in [1.807, 2.05) is 17.0 Å². The summed E-state index contributed by atoms with van der Waals surface area (Å²) in [7, 11) is 0. The standard InChI is InChI=1S/C14H13FN2/c15-13-7-12(16)5-6-14(13)17-8-10-3-1-2-4-11(10)9-17/h1-7H,8-9,16H2. The first kappa shape index (κ1) is 10.1. The number of nitrogens with zero attached hydrogens (tertiary/aromatic N) is 1. The molecule has 0 atom stereocenters. The van der Waals surface area contributed by atoms with Gasteiger partial charge in [-0.25, -0.2) is 4.39 Å². The zero-order valence-electron chi connectivity index (χ0n) is 9.36. The Morgan fingerprint density at radius 1 is 1.00 bits per heavy atom. The molecule has 3 heteroatoms. The molecule has 2 aromatic carbocycles. The van der Waals surface area contributed by atoms with Crippen molar-refractivity contribution < 1.29 is 4.39 Å². The highest BCUT2D eigenvalue weighted by atomic mass is 19.1. The molecule has 17 heavy (non-hydrogen) atoms. The molecule has 0 bridgehead atoms. The molecule has 1 aliphatic rings. The number of fused-ring (bicyclic) bond motifs is 1. The van der Waals surface area contributed by atoms with Crippen molar-refractivity contribution in [1.82, 2.24) is 0 Å². The maximum Gasteiger partial charge on any atom is 0.148 e. The monoisotopic (exact) mass is 228 g/mol. The lowest BCUT2D eigenvalue weighted by Crippen LogP contribution is -2.16. The van der Waals surface area contributed by atoms with E-state index in [0.717, 1.165) is 13.1 Å². The number of nitrogens with two attached hydrogens (primary N) is 1. The van der Waals surface area contributed by atoms with Gasteiger partial charge in [0.25, 0.3) is 0 Å². The molecule has 1 aliphatic heterocycles. The van der Waals surface area contributed by atoms with E-state index in [1.54, 1.807) is 12.1 Å². The van der Waals surface area contributed by atoms with Crippen molar-refractivity contribution in [2.45, 2.75) is 13.1 Å². The van der Waals surface area contributed by atoms with Gasteiger partial charge in [0, 0.05) is 18.8 Å². The fourth-order valence-electron chi connectivity index (χ4n) is 2.28. The molecule has 2 N–H and O–H groups in total. The zero-order chi connectivity index (χ0) is 11.8. The third kappa shape index (κ3) is 1.73. The number of hydrogen-bond donors (Lipinski definition) is 1. The van der Waals surface area contributed by atoms with E-state index in [0.29, 0.717) is 11.4 Å². The molecule has 0 unspecified atom stereocenters. The highest BCUT2D eigenvalue weighted by Crippen LogP contribution is 2.30. The number of benzene rings is 2. The Balaban J connectivity index is 1.94. The van der Waals surface area contributed by atoms with Crippen LogP contribution >= 0.6 is 0 Å². The Morgan fingerprint density at radius 2 is 1.65 bits per heavy atom. The second kappa shape index (κ2) is 3.77. The summed E-state index contributed by atoms with van der Waals surface area (Å²) in [5.41, 5.74) is 9.17. The van der Waals surface area contributed by atoms with E-state index in [9.17, 15) is 4.39 Å². The fourth-order valence-corrected chi connectivity index (χ4v) is 2.28. The summed E-state index contributed by atoms with van der Waals surface area (Å²) in [6.45, 7) is 1.52. The normalized spacial score (nSPS) is 13.8. The minimum absolute atomic E-state index is 0.252. The summed E-state index contributed by atoms with van der Waals surface area (Å²) in [6, 6.07) is 13.1. The zero-order valence-corrected chi connectivity index (χ0v) is 9.36. The van der Waals surface area contributed by atoms with Gasteiger partial charge < -0.3 is 10.6 Å². The van der Waals surface area contributed by atoms with Gasteiger partial charge in [0.2, 0.25) is 0 Å². The van der Waals surface area contributed by atoms with E-state index in [4.69, 9.17) is 5.73 Å². The molecule has 2 aromatic rings. The summed E-state index contributed by atoms with van der Waals surface area (Å²) < 4.78 is 13.8. The van der Waals surface area contributed by atoms with Gasteiger partial charge in [-0.15, -0.1) is 0 Å². The van der Waals surface area contributed by atoms with Crippen molar-refractivity contribution >= 4 is 11.4 Å². The van der Waals surface area contributed by atoms with Gasteiger partial charge in [-0.1, -0.05) is 24.3 Å². The quantitative estimate of drug-likeness (QED) is 0.760. The van der Waals surface area contributed by atoms with Crippen molar-refractivity contribution in [3.8, 4) is 0 Å². The lowest BCUT2D eigenvalue weighted by molar-refractivity contribution is 0.620. The highest BCUT2D eigenvalue weighted by Gasteiger charge is 2.20. The van der Waals surface area contributed by atoms with E-state index >= 15 is 0 Å². The summed E-state index contributed by atoms with van der Waals surface area (Å²) >= 11 is 0. The molecule has 0 amide bonds. The van der Waals surface area contributed by atoms with Gasteiger partial charge in [-0.3, -0.25) is 0 Å². The predicted molar refractivity (Wildman–Crippen MR) is 67.1 cm³/mol. The summed E-state index contributed by atoms with van der Waals surface area (Å²) in [6.07, 6.45) is 0. The molecule has 0 fully saturated rings. The van der Waals surface area contributed by atoms with Crippen molar-refractivity contribution in [3.63, 3.8) is 0 Å². The Labute approximate surface area is 99.5 Å². The number of rotatable bonds is 1. The molecule has 1 heterocycles. The number of anilines is 2. The lowest BCUT2D eigenvalue weighted by atomic mass is 10.1. The average Bonchev–Trinajstić information content (AvgIpc) is 2.72. The van der Waals surface area contributed by atoms with Crippen LogP contribution in [0.2, 0.25) is 0 Å². The van der Waals surface area contributed by atoms with Gasteiger partial charge >= 0.3 is 0 Å². The van der Waals surface area contributed by atoms with Crippen LogP contribution in [0.4, 0.5) is 15.8 Å². The second-order valence-corrected chi connectivity index (χ2v) is 4.34. The molecule has 0 aliphatic carbocycles. The molecular formula is C14H13FN2. The number of hydrogen-bond acceptors (Lipinski definition) is 2. The Morgan fingerprint density at radius 3 is 2.24 bits per heavy atom. The third-order valence-corrected chi connectivity index (χ3v) is 3.15. The highest BCUT2D eigenvalue weighted by molar-refractivity contribution is 5.57. The summed E-state index contributed by atoms with van der Waals surface area (Å²) in [4.78, 5) is 2.03. The van der Waals surface area contributed by atoms with Gasteiger partial charge in [0.05, 0.1) is 5.69 Å². The van der Waals surface area contributed by atoms with Crippen molar-refractivity contribution in [3.05, 3.63) is 59.4 Å². The molecule has 0 spiro atoms. The van der Waals surface area contributed by atoms with E-state index in [1.165, 1.54) is 17.2 Å². The average molecular weight is 228 g/mol. The maximum absolute atomic E-state index is 13.8. The van der Waals surface area contributed by atoms with E-state index in [-0.39, 0.29) is 5.82 Å². The molecule has 86 valence electrons. The van der Waals surface area contributed by atoms with Crippen LogP contribution in [0.15, 0.2) is 42.5 Å². The number of halogens is 1. The minimum atomic E-state index is -0.252. The lowest BCUT2D eigenvalue weighted by Gasteiger charge is -2.18. The van der Waals surface area contributed by atoms with Crippen LogP contribution in [0.3, 0.4) is 0 Å². The molecule has 0 radical (unpaired) electrons. The van der Waals surface area contributed by atoms with Crippen LogP contribution in [0.5, 0.6) is 0 Å². The van der Waals surface area contributed by atoms with Crippen LogP contribution in [0.25, 0.3) is 0 Å². The first-order chi connectivity index (χ1) is 8.24.